The topological polar surface area (TPSA) is 108 Å². The summed E-state index contributed by atoms with van der Waals surface area (Å²) in [4.78, 5) is 24.8. The molecule has 0 spiro atoms. The van der Waals surface area contributed by atoms with E-state index < -0.39 is 39.8 Å². The second-order valence-electron chi connectivity index (χ2n) is 6.76. The molecule has 0 saturated heterocycles. The zero-order valence-corrected chi connectivity index (χ0v) is 18.1. The van der Waals surface area contributed by atoms with Gasteiger partial charge in [0.05, 0.1) is 9.92 Å². The van der Waals surface area contributed by atoms with Gasteiger partial charge in [-0.25, -0.2) is 22.7 Å². The third kappa shape index (κ3) is 4.68. The van der Waals surface area contributed by atoms with Gasteiger partial charge in [0.2, 0.25) is 15.8 Å². The number of carbonyl (C=O) groups is 2. The smallest absolute Gasteiger partial charge is 0.343 e. The fourth-order valence-electron chi connectivity index (χ4n) is 3.20. The number of rotatable bonds is 6. The van der Waals surface area contributed by atoms with Gasteiger partial charge in [0, 0.05) is 22.6 Å². The minimum atomic E-state index is -3.82. The summed E-state index contributed by atoms with van der Waals surface area (Å²) < 4.78 is 43.4. The van der Waals surface area contributed by atoms with E-state index in [9.17, 15) is 22.4 Å². The normalized spacial score (nSPS) is 11.4. The number of benzene rings is 2. The molecule has 0 aliphatic rings. The number of ketones is 1. The van der Waals surface area contributed by atoms with E-state index >= 15 is 0 Å². The number of aromatic nitrogens is 1. The Kier molecular flexibility index (Phi) is 6.30. The predicted molar refractivity (Wildman–Crippen MR) is 113 cm³/mol. The summed E-state index contributed by atoms with van der Waals surface area (Å²) in [5.41, 5.74) is 1.76. The van der Waals surface area contributed by atoms with Gasteiger partial charge in [-0.05, 0) is 56.3 Å². The average Bonchev–Trinajstić information content (AvgIpc) is 2.99. The zero-order valence-electron chi connectivity index (χ0n) is 16.6. The molecule has 31 heavy (non-hydrogen) atoms. The summed E-state index contributed by atoms with van der Waals surface area (Å²) in [6.07, 6.45) is 0. The predicted octanol–water partition coefficient (Wildman–Crippen LogP) is 3.57. The van der Waals surface area contributed by atoms with Crippen LogP contribution in [0.2, 0.25) is 5.02 Å². The standard InChI is InChI=1S/C21H18ClFN2O5S/c1-12-10-16(13(2)25(12)14-6-8-15(9-7-14)31(24,28)29)19(26)11-30-21(27)20-17(22)4-3-5-18(20)23/h3-10H,11H2,1-2H3,(H2,24,28,29). The second kappa shape index (κ2) is 8.62. The van der Waals surface area contributed by atoms with Crippen molar-refractivity contribution in [3.05, 3.63) is 81.9 Å². The number of esters is 1. The van der Waals surface area contributed by atoms with Crippen molar-refractivity contribution >= 4 is 33.4 Å². The maximum atomic E-state index is 13.8. The minimum absolute atomic E-state index is 0.0336. The van der Waals surface area contributed by atoms with Gasteiger partial charge < -0.3 is 9.30 Å². The summed E-state index contributed by atoms with van der Waals surface area (Å²) in [5, 5.41) is 5.00. The molecule has 2 N–H and O–H groups in total. The molecule has 1 aromatic heterocycles. The van der Waals surface area contributed by atoms with Gasteiger partial charge in [-0.3, -0.25) is 4.79 Å². The lowest BCUT2D eigenvalue weighted by atomic mass is 10.1. The molecular formula is C21H18ClFN2O5S. The van der Waals surface area contributed by atoms with Crippen LogP contribution in [0.25, 0.3) is 5.69 Å². The van der Waals surface area contributed by atoms with Crippen LogP contribution in [0.3, 0.4) is 0 Å². The monoisotopic (exact) mass is 464 g/mol. The first-order valence-electron chi connectivity index (χ1n) is 8.97. The lowest BCUT2D eigenvalue weighted by Crippen LogP contribution is -2.16. The number of Topliss-reactive ketones (excluding diaryl/α,β-unsaturated/α-hetero) is 1. The Bertz CT molecular complexity index is 1260. The van der Waals surface area contributed by atoms with Crippen LogP contribution in [0.5, 0.6) is 0 Å². The third-order valence-corrected chi connectivity index (χ3v) is 5.90. The Morgan fingerprint density at radius 3 is 2.35 bits per heavy atom. The van der Waals surface area contributed by atoms with Crippen LogP contribution in [0.15, 0.2) is 53.4 Å². The van der Waals surface area contributed by atoms with Crippen LogP contribution < -0.4 is 5.14 Å². The first kappa shape index (κ1) is 22.7. The summed E-state index contributed by atoms with van der Waals surface area (Å²) in [7, 11) is -3.82. The number of carbonyl (C=O) groups excluding carboxylic acids is 2. The molecule has 0 radical (unpaired) electrons. The van der Waals surface area contributed by atoms with Crippen molar-refractivity contribution in [3.63, 3.8) is 0 Å². The number of ether oxygens (including phenoxy) is 1. The number of hydrogen-bond acceptors (Lipinski definition) is 5. The van der Waals surface area contributed by atoms with Crippen LogP contribution in [0.1, 0.15) is 32.1 Å². The first-order valence-corrected chi connectivity index (χ1v) is 10.9. The number of halogens is 2. The lowest BCUT2D eigenvalue weighted by molar-refractivity contribution is 0.0470. The molecule has 10 heteroatoms. The molecule has 162 valence electrons. The summed E-state index contributed by atoms with van der Waals surface area (Å²) in [6.45, 7) is 2.87. The maximum Gasteiger partial charge on any atom is 0.343 e. The van der Waals surface area contributed by atoms with Crippen molar-refractivity contribution in [1.82, 2.24) is 4.57 Å². The van der Waals surface area contributed by atoms with Crippen molar-refractivity contribution in [2.24, 2.45) is 5.14 Å². The van der Waals surface area contributed by atoms with Crippen molar-refractivity contribution in [1.29, 1.82) is 0 Å². The molecule has 0 atom stereocenters. The van der Waals surface area contributed by atoms with Gasteiger partial charge in [0.25, 0.3) is 0 Å². The molecule has 0 fully saturated rings. The van der Waals surface area contributed by atoms with Crippen molar-refractivity contribution in [2.75, 3.05) is 6.61 Å². The van der Waals surface area contributed by atoms with Crippen molar-refractivity contribution in [2.45, 2.75) is 18.7 Å². The van der Waals surface area contributed by atoms with Crippen LogP contribution in [-0.4, -0.2) is 31.3 Å². The zero-order chi connectivity index (χ0) is 22.9. The van der Waals surface area contributed by atoms with E-state index in [0.29, 0.717) is 22.6 Å². The molecule has 3 aromatic rings. The minimum Gasteiger partial charge on any atom is -0.454 e. The molecule has 0 bridgehead atoms. The molecule has 0 aliphatic heterocycles. The molecule has 0 aliphatic carbocycles. The van der Waals surface area contributed by atoms with E-state index in [0.717, 1.165) is 6.07 Å². The van der Waals surface area contributed by atoms with Crippen LogP contribution >= 0.6 is 11.6 Å². The average molecular weight is 465 g/mol. The van der Waals surface area contributed by atoms with Crippen LogP contribution in [-0.2, 0) is 14.8 Å². The Hall–Kier alpha value is -3.01. The van der Waals surface area contributed by atoms with Crippen molar-refractivity contribution < 1.29 is 27.1 Å². The summed E-state index contributed by atoms with van der Waals surface area (Å²) in [6, 6.07) is 11.2. The van der Waals surface area contributed by atoms with Gasteiger partial charge >= 0.3 is 5.97 Å². The number of primary sulfonamides is 1. The quantitative estimate of drug-likeness (QED) is 0.443. The highest BCUT2D eigenvalue weighted by atomic mass is 35.5. The van der Waals surface area contributed by atoms with Gasteiger partial charge in [-0.15, -0.1) is 0 Å². The molecule has 0 unspecified atom stereocenters. The molecule has 7 nitrogen and oxygen atoms in total. The Labute approximate surface area is 183 Å². The molecule has 3 rings (SSSR count). The third-order valence-electron chi connectivity index (χ3n) is 4.66. The highest BCUT2D eigenvalue weighted by Gasteiger charge is 2.21. The Morgan fingerprint density at radius 2 is 1.77 bits per heavy atom. The highest BCUT2D eigenvalue weighted by Crippen LogP contribution is 2.23. The maximum absolute atomic E-state index is 13.8. The molecule has 0 amide bonds. The van der Waals surface area contributed by atoms with Gasteiger partial charge in [0.15, 0.2) is 6.61 Å². The van der Waals surface area contributed by atoms with E-state index in [4.69, 9.17) is 21.5 Å². The number of nitrogens with zero attached hydrogens (tertiary/aromatic N) is 1. The fraction of sp³-hybridized carbons (Fsp3) is 0.143. The lowest BCUT2D eigenvalue weighted by Gasteiger charge is -2.11. The molecule has 1 heterocycles. The number of nitrogens with two attached hydrogens (primary N) is 1. The van der Waals surface area contributed by atoms with Gasteiger partial charge in [-0.2, -0.15) is 0 Å². The second-order valence-corrected chi connectivity index (χ2v) is 8.72. The van der Waals surface area contributed by atoms with Crippen molar-refractivity contribution in [3.8, 4) is 5.69 Å². The molecular weight excluding hydrogens is 447 g/mol. The summed E-state index contributed by atoms with van der Waals surface area (Å²) >= 11 is 5.84. The molecule has 2 aromatic carbocycles. The number of aryl methyl sites for hydroxylation is 1. The first-order chi connectivity index (χ1) is 14.5. The SMILES string of the molecule is Cc1cc(C(=O)COC(=O)c2c(F)cccc2Cl)c(C)n1-c1ccc(S(N)(=O)=O)cc1. The van der Waals surface area contributed by atoms with Gasteiger partial charge in [-0.1, -0.05) is 17.7 Å². The largest absolute Gasteiger partial charge is 0.454 e. The molecule has 0 saturated carbocycles. The summed E-state index contributed by atoms with van der Waals surface area (Å²) in [5.74, 6) is -2.36. The van der Waals surface area contributed by atoms with Crippen LogP contribution in [0.4, 0.5) is 4.39 Å². The van der Waals surface area contributed by atoms with E-state index in [1.165, 1.54) is 24.3 Å². The van der Waals surface area contributed by atoms with Crippen LogP contribution in [0, 0.1) is 19.7 Å². The number of sulfonamides is 1. The number of hydrogen-bond donors (Lipinski definition) is 1. The van der Waals surface area contributed by atoms with E-state index in [1.54, 1.807) is 36.6 Å². The Morgan fingerprint density at radius 1 is 1.13 bits per heavy atom. The van der Waals surface area contributed by atoms with E-state index in [1.807, 2.05) is 0 Å². The Balaban J connectivity index is 1.81. The highest BCUT2D eigenvalue weighted by molar-refractivity contribution is 7.89. The van der Waals surface area contributed by atoms with E-state index in [-0.39, 0.29) is 9.92 Å². The fourth-order valence-corrected chi connectivity index (χ4v) is 3.96. The van der Waals surface area contributed by atoms with E-state index in [2.05, 4.69) is 0 Å². The van der Waals surface area contributed by atoms with Gasteiger partial charge in [0.1, 0.15) is 11.4 Å².